The first-order chi connectivity index (χ1) is 14.3. The molecule has 1 aliphatic heterocycles. The van der Waals surface area contributed by atoms with Crippen LogP contribution in [0.4, 0.5) is 5.69 Å². The van der Waals surface area contributed by atoms with Gasteiger partial charge < -0.3 is 14.8 Å². The van der Waals surface area contributed by atoms with E-state index in [4.69, 9.17) is 9.47 Å². The summed E-state index contributed by atoms with van der Waals surface area (Å²) in [7, 11) is -0.599. The van der Waals surface area contributed by atoms with Crippen molar-refractivity contribution in [1.82, 2.24) is 4.31 Å². The molecule has 0 saturated carbocycles. The number of nitrogens with zero attached hydrogens (tertiary/aromatic N) is 1. The van der Waals surface area contributed by atoms with E-state index in [1.54, 1.807) is 38.3 Å². The van der Waals surface area contributed by atoms with Crippen molar-refractivity contribution in [3.63, 3.8) is 0 Å². The number of benzene rings is 2. The normalized spacial score (nSPS) is 17.4. The molecule has 0 aliphatic carbocycles. The Morgan fingerprint density at radius 1 is 1.10 bits per heavy atom. The van der Waals surface area contributed by atoms with E-state index in [0.717, 1.165) is 5.56 Å². The van der Waals surface area contributed by atoms with Crippen molar-refractivity contribution in [2.45, 2.75) is 31.6 Å². The first-order valence-corrected chi connectivity index (χ1v) is 11.3. The molecular weight excluding hydrogens is 404 g/mol. The predicted molar refractivity (Wildman–Crippen MR) is 116 cm³/mol. The van der Waals surface area contributed by atoms with Gasteiger partial charge in [0.2, 0.25) is 15.9 Å². The minimum atomic E-state index is -3.67. The topological polar surface area (TPSA) is 84.9 Å². The van der Waals surface area contributed by atoms with Gasteiger partial charge in [-0.25, -0.2) is 8.42 Å². The lowest BCUT2D eigenvalue weighted by atomic mass is 9.98. The van der Waals surface area contributed by atoms with Gasteiger partial charge in [-0.2, -0.15) is 4.31 Å². The van der Waals surface area contributed by atoms with Gasteiger partial charge >= 0.3 is 0 Å². The molecule has 0 aromatic heterocycles. The number of hydrogen-bond acceptors (Lipinski definition) is 5. The molecule has 0 bridgehead atoms. The fourth-order valence-corrected chi connectivity index (χ4v) is 5.48. The van der Waals surface area contributed by atoms with Gasteiger partial charge in [-0.1, -0.05) is 12.1 Å². The molecule has 2 aromatic carbocycles. The van der Waals surface area contributed by atoms with E-state index in [-0.39, 0.29) is 12.5 Å². The molecule has 1 aliphatic rings. The Hall–Kier alpha value is -2.58. The molecule has 1 fully saturated rings. The summed E-state index contributed by atoms with van der Waals surface area (Å²) < 4.78 is 38.4. The molecule has 0 radical (unpaired) electrons. The maximum absolute atomic E-state index is 13.2. The van der Waals surface area contributed by atoms with Gasteiger partial charge in [-0.05, 0) is 56.0 Å². The first-order valence-electron chi connectivity index (χ1n) is 9.86. The Balaban J connectivity index is 1.79. The molecule has 7 nitrogen and oxygen atoms in total. The van der Waals surface area contributed by atoms with Crippen LogP contribution in [0.15, 0.2) is 41.3 Å². The summed E-state index contributed by atoms with van der Waals surface area (Å²) in [6.07, 6.45) is 1.24. The predicted octanol–water partition coefficient (Wildman–Crippen LogP) is 3.36. The van der Waals surface area contributed by atoms with Crippen molar-refractivity contribution in [3.8, 4) is 11.5 Å². The van der Waals surface area contributed by atoms with Crippen LogP contribution in [-0.2, 0) is 14.8 Å². The Kier molecular flexibility index (Phi) is 6.67. The molecule has 1 atom stereocenters. The lowest BCUT2D eigenvalue weighted by molar-refractivity contribution is -0.120. The summed E-state index contributed by atoms with van der Waals surface area (Å²) in [4.78, 5) is 13.2. The molecule has 0 spiro atoms. The quantitative estimate of drug-likeness (QED) is 0.757. The van der Waals surface area contributed by atoms with E-state index in [2.05, 4.69) is 5.32 Å². The highest BCUT2D eigenvalue weighted by atomic mass is 32.2. The second-order valence-corrected chi connectivity index (χ2v) is 9.43. The van der Waals surface area contributed by atoms with Crippen molar-refractivity contribution < 1.29 is 22.7 Å². The zero-order chi connectivity index (χ0) is 21.9. The Morgan fingerprint density at radius 2 is 1.87 bits per heavy atom. The lowest BCUT2D eigenvalue weighted by Crippen LogP contribution is -2.43. The van der Waals surface area contributed by atoms with Gasteiger partial charge in [-0.15, -0.1) is 0 Å². The standard InChI is InChI=1S/C22H28N2O5S/c1-15-7-8-16(2)21(12-15)30(26,27)24-11-5-6-17(14-24)22(25)23-19-13-18(28-3)9-10-20(19)29-4/h7-10,12-13,17H,5-6,11,14H2,1-4H3,(H,23,25)/t17-/m1/s1. The molecule has 30 heavy (non-hydrogen) atoms. The van der Waals surface area contributed by atoms with Crippen LogP contribution in [0.1, 0.15) is 24.0 Å². The van der Waals surface area contributed by atoms with Gasteiger partial charge in [-0.3, -0.25) is 4.79 Å². The van der Waals surface area contributed by atoms with E-state index in [1.807, 2.05) is 19.1 Å². The molecular formula is C22H28N2O5S. The van der Waals surface area contributed by atoms with E-state index in [9.17, 15) is 13.2 Å². The number of nitrogens with one attached hydrogen (secondary N) is 1. The number of sulfonamides is 1. The van der Waals surface area contributed by atoms with E-state index >= 15 is 0 Å². The summed E-state index contributed by atoms with van der Waals surface area (Å²) in [5.41, 5.74) is 2.08. The number of carbonyl (C=O) groups excluding carboxylic acids is 1. The molecule has 1 heterocycles. The fraction of sp³-hybridized carbons (Fsp3) is 0.409. The Labute approximate surface area is 178 Å². The van der Waals surface area contributed by atoms with E-state index < -0.39 is 15.9 Å². The maximum Gasteiger partial charge on any atom is 0.243 e. The smallest absolute Gasteiger partial charge is 0.243 e. The number of ether oxygens (including phenoxy) is 2. The number of piperidine rings is 1. The van der Waals surface area contributed by atoms with Crippen LogP contribution in [0.25, 0.3) is 0 Å². The van der Waals surface area contributed by atoms with Crippen molar-refractivity contribution in [1.29, 1.82) is 0 Å². The molecule has 8 heteroatoms. The zero-order valence-corrected chi connectivity index (χ0v) is 18.6. The molecule has 3 rings (SSSR count). The number of aryl methyl sites for hydroxylation is 2. The van der Waals surface area contributed by atoms with Crippen LogP contribution in [0.2, 0.25) is 0 Å². The van der Waals surface area contributed by atoms with Gasteiger partial charge in [0.05, 0.1) is 30.7 Å². The van der Waals surface area contributed by atoms with Crippen molar-refractivity contribution in [3.05, 3.63) is 47.5 Å². The minimum Gasteiger partial charge on any atom is -0.497 e. The van der Waals surface area contributed by atoms with Gasteiger partial charge in [0.15, 0.2) is 0 Å². The van der Waals surface area contributed by atoms with Gasteiger partial charge in [0, 0.05) is 19.2 Å². The molecule has 2 aromatic rings. The average molecular weight is 433 g/mol. The van der Waals surface area contributed by atoms with Crippen LogP contribution in [-0.4, -0.2) is 45.9 Å². The van der Waals surface area contributed by atoms with Crippen LogP contribution in [0.3, 0.4) is 0 Å². The maximum atomic E-state index is 13.2. The first kappa shape index (κ1) is 22.1. The number of methoxy groups -OCH3 is 2. The summed E-state index contributed by atoms with van der Waals surface area (Å²) in [6, 6.07) is 10.5. The third kappa shape index (κ3) is 4.60. The molecule has 1 saturated heterocycles. The summed E-state index contributed by atoms with van der Waals surface area (Å²) in [5, 5.41) is 2.87. The van der Waals surface area contributed by atoms with Crippen molar-refractivity contribution in [2.24, 2.45) is 5.92 Å². The molecule has 0 unspecified atom stereocenters. The molecule has 162 valence electrons. The van der Waals surface area contributed by atoms with E-state index in [1.165, 1.54) is 11.4 Å². The SMILES string of the molecule is COc1ccc(OC)c(NC(=O)[C@@H]2CCCN(S(=O)(=O)c3cc(C)ccc3C)C2)c1. The summed E-state index contributed by atoms with van der Waals surface area (Å²) >= 11 is 0. The second-order valence-electron chi connectivity index (χ2n) is 7.53. The minimum absolute atomic E-state index is 0.147. The number of anilines is 1. The highest BCUT2D eigenvalue weighted by molar-refractivity contribution is 7.89. The largest absolute Gasteiger partial charge is 0.497 e. The van der Waals surface area contributed by atoms with Gasteiger partial charge in [0.25, 0.3) is 0 Å². The monoisotopic (exact) mass is 432 g/mol. The number of rotatable bonds is 6. The molecule has 1 amide bonds. The van der Waals surface area contributed by atoms with Crippen LogP contribution in [0, 0.1) is 19.8 Å². The number of hydrogen-bond donors (Lipinski definition) is 1. The van der Waals surface area contributed by atoms with Crippen molar-refractivity contribution >= 4 is 21.6 Å². The third-order valence-corrected chi connectivity index (χ3v) is 7.39. The Bertz CT molecular complexity index is 1040. The highest BCUT2D eigenvalue weighted by Crippen LogP contribution is 2.31. The number of carbonyl (C=O) groups is 1. The highest BCUT2D eigenvalue weighted by Gasteiger charge is 2.34. The lowest BCUT2D eigenvalue weighted by Gasteiger charge is -2.31. The van der Waals surface area contributed by atoms with Gasteiger partial charge in [0.1, 0.15) is 11.5 Å². The average Bonchev–Trinajstić information content (AvgIpc) is 2.75. The third-order valence-electron chi connectivity index (χ3n) is 5.38. The second kappa shape index (κ2) is 9.06. The van der Waals surface area contributed by atoms with E-state index in [0.29, 0.717) is 47.0 Å². The molecule has 1 N–H and O–H groups in total. The number of amides is 1. The zero-order valence-electron chi connectivity index (χ0n) is 17.8. The van der Waals surface area contributed by atoms with Crippen LogP contribution >= 0.6 is 0 Å². The fourth-order valence-electron chi connectivity index (χ4n) is 3.65. The van der Waals surface area contributed by atoms with Crippen molar-refractivity contribution in [2.75, 3.05) is 32.6 Å². The summed E-state index contributed by atoms with van der Waals surface area (Å²) in [6.45, 7) is 4.21. The summed E-state index contributed by atoms with van der Waals surface area (Å²) in [5.74, 6) is 0.422. The van der Waals surface area contributed by atoms with Crippen LogP contribution < -0.4 is 14.8 Å². The van der Waals surface area contributed by atoms with Crippen LogP contribution in [0.5, 0.6) is 11.5 Å². The Morgan fingerprint density at radius 3 is 2.57 bits per heavy atom.